The van der Waals surface area contributed by atoms with Gasteiger partial charge in [0.15, 0.2) is 5.58 Å². The van der Waals surface area contributed by atoms with E-state index in [2.05, 4.69) is 10.3 Å². The quantitative estimate of drug-likeness (QED) is 0.761. The Morgan fingerprint density at radius 3 is 2.65 bits per heavy atom. The van der Waals surface area contributed by atoms with Crippen molar-refractivity contribution in [3.05, 3.63) is 41.5 Å². The number of phenolic OH excluding ortho intramolecular Hbond substituents is 1. The minimum Gasteiger partial charge on any atom is -0.507 e. The van der Waals surface area contributed by atoms with Crippen molar-refractivity contribution in [1.82, 2.24) is 4.98 Å². The molecule has 118 valence electrons. The third kappa shape index (κ3) is 2.90. The lowest BCUT2D eigenvalue weighted by Gasteiger charge is -2.06. The predicted molar refractivity (Wildman–Crippen MR) is 89.5 cm³/mol. The van der Waals surface area contributed by atoms with Crippen molar-refractivity contribution >= 4 is 22.7 Å². The molecule has 1 amide bonds. The molecule has 0 atom stereocenters. The zero-order chi connectivity index (χ0) is 16.6. The van der Waals surface area contributed by atoms with E-state index in [9.17, 15) is 9.90 Å². The van der Waals surface area contributed by atoms with E-state index in [1.165, 1.54) is 6.07 Å². The molecule has 0 unspecified atom stereocenters. The number of oxazole rings is 1. The van der Waals surface area contributed by atoms with Crippen LogP contribution >= 0.6 is 0 Å². The Hall–Kier alpha value is -2.82. The molecule has 5 heteroatoms. The van der Waals surface area contributed by atoms with E-state index in [1.807, 2.05) is 26.0 Å². The van der Waals surface area contributed by atoms with Crippen LogP contribution in [0.15, 0.2) is 34.7 Å². The molecule has 0 saturated carbocycles. The van der Waals surface area contributed by atoms with Crippen LogP contribution in [0.4, 0.5) is 5.69 Å². The molecule has 0 saturated heterocycles. The minimum atomic E-state index is -0.107. The number of hydrogen-bond acceptors (Lipinski definition) is 4. The number of nitrogens with zero attached hydrogens (tertiary/aromatic N) is 1. The molecular formula is C18H18N2O3. The number of carbonyl (C=O) groups excluding carboxylic acids is 1. The summed E-state index contributed by atoms with van der Waals surface area (Å²) >= 11 is 0. The molecule has 0 radical (unpaired) electrons. The first-order valence-corrected chi connectivity index (χ1v) is 7.49. The summed E-state index contributed by atoms with van der Waals surface area (Å²) in [6.45, 7) is 5.80. The topological polar surface area (TPSA) is 75.4 Å². The first-order chi connectivity index (χ1) is 11.0. The van der Waals surface area contributed by atoms with Gasteiger partial charge in [0.05, 0.1) is 5.56 Å². The lowest BCUT2D eigenvalue weighted by molar-refractivity contribution is -0.115. The summed E-state index contributed by atoms with van der Waals surface area (Å²) < 4.78 is 5.75. The molecule has 1 heterocycles. The summed E-state index contributed by atoms with van der Waals surface area (Å²) in [6, 6.07) is 8.80. The van der Waals surface area contributed by atoms with Gasteiger partial charge in [-0.3, -0.25) is 4.79 Å². The van der Waals surface area contributed by atoms with Crippen LogP contribution in [0.2, 0.25) is 0 Å². The largest absolute Gasteiger partial charge is 0.507 e. The summed E-state index contributed by atoms with van der Waals surface area (Å²) in [5, 5.41) is 12.9. The molecule has 0 aliphatic heterocycles. The van der Waals surface area contributed by atoms with Gasteiger partial charge < -0.3 is 14.8 Å². The van der Waals surface area contributed by atoms with Gasteiger partial charge in [-0.05, 0) is 49.2 Å². The highest BCUT2D eigenvalue weighted by Gasteiger charge is 2.14. The van der Waals surface area contributed by atoms with Gasteiger partial charge in [0.2, 0.25) is 11.8 Å². The predicted octanol–water partition coefficient (Wildman–Crippen LogP) is 4.17. The van der Waals surface area contributed by atoms with Crippen LogP contribution < -0.4 is 5.32 Å². The van der Waals surface area contributed by atoms with Crippen molar-refractivity contribution in [3.8, 4) is 17.2 Å². The fourth-order valence-electron chi connectivity index (χ4n) is 2.33. The Kier molecular flexibility index (Phi) is 3.78. The normalized spacial score (nSPS) is 10.9. The van der Waals surface area contributed by atoms with Crippen LogP contribution in [-0.2, 0) is 4.79 Å². The highest BCUT2D eigenvalue weighted by Crippen LogP contribution is 2.33. The summed E-state index contributed by atoms with van der Waals surface area (Å²) in [5.74, 6) is 0.264. The van der Waals surface area contributed by atoms with Crippen molar-refractivity contribution in [1.29, 1.82) is 0 Å². The molecule has 0 spiro atoms. The van der Waals surface area contributed by atoms with Crippen LogP contribution in [0, 0.1) is 13.8 Å². The number of benzene rings is 2. The Balaban J connectivity index is 2.00. The SMILES string of the molecule is CCC(=O)Nc1ccc(-c2nc3cc(C)c(C)cc3o2)c(O)c1. The van der Waals surface area contributed by atoms with E-state index in [0.29, 0.717) is 29.1 Å². The molecule has 0 fully saturated rings. The second kappa shape index (κ2) is 5.76. The number of anilines is 1. The molecule has 0 aliphatic rings. The highest BCUT2D eigenvalue weighted by molar-refractivity contribution is 5.91. The van der Waals surface area contributed by atoms with Crippen molar-refractivity contribution in [2.24, 2.45) is 0 Å². The zero-order valence-electron chi connectivity index (χ0n) is 13.3. The third-order valence-corrected chi connectivity index (χ3v) is 3.84. The van der Waals surface area contributed by atoms with Gasteiger partial charge in [0.1, 0.15) is 11.3 Å². The van der Waals surface area contributed by atoms with E-state index in [4.69, 9.17) is 4.42 Å². The molecule has 5 nitrogen and oxygen atoms in total. The number of nitrogens with one attached hydrogen (secondary N) is 1. The van der Waals surface area contributed by atoms with Gasteiger partial charge >= 0.3 is 0 Å². The smallest absolute Gasteiger partial charge is 0.231 e. The summed E-state index contributed by atoms with van der Waals surface area (Å²) in [7, 11) is 0. The number of aryl methyl sites for hydroxylation is 2. The average Bonchev–Trinajstić information content (AvgIpc) is 2.90. The first-order valence-electron chi connectivity index (χ1n) is 7.49. The maximum absolute atomic E-state index is 11.4. The number of carbonyl (C=O) groups is 1. The standard InChI is InChI=1S/C18H18N2O3/c1-4-17(22)19-12-5-6-13(15(21)9-12)18-20-14-7-10(2)11(3)8-16(14)23-18/h5-9,21H,4H2,1-3H3,(H,19,22). The molecule has 23 heavy (non-hydrogen) atoms. The Bertz CT molecular complexity index is 858. The summed E-state index contributed by atoms with van der Waals surface area (Å²) in [6.07, 6.45) is 0.381. The van der Waals surface area contributed by atoms with Crippen LogP contribution in [0.5, 0.6) is 5.75 Å². The summed E-state index contributed by atoms with van der Waals surface area (Å²) in [4.78, 5) is 15.8. The molecule has 3 aromatic rings. The van der Waals surface area contributed by atoms with Gasteiger partial charge in [-0.1, -0.05) is 6.92 Å². The zero-order valence-corrected chi connectivity index (χ0v) is 13.3. The lowest BCUT2D eigenvalue weighted by atomic mass is 10.1. The van der Waals surface area contributed by atoms with Crippen LogP contribution in [0.3, 0.4) is 0 Å². The number of rotatable bonds is 3. The van der Waals surface area contributed by atoms with E-state index >= 15 is 0 Å². The molecular weight excluding hydrogens is 292 g/mol. The van der Waals surface area contributed by atoms with E-state index in [0.717, 1.165) is 16.6 Å². The fraction of sp³-hybridized carbons (Fsp3) is 0.222. The Morgan fingerprint density at radius 2 is 1.96 bits per heavy atom. The monoisotopic (exact) mass is 310 g/mol. The van der Waals surface area contributed by atoms with Crippen LogP contribution in [0.1, 0.15) is 24.5 Å². The number of aromatic nitrogens is 1. The van der Waals surface area contributed by atoms with E-state index < -0.39 is 0 Å². The van der Waals surface area contributed by atoms with Crippen molar-refractivity contribution in [2.45, 2.75) is 27.2 Å². The van der Waals surface area contributed by atoms with Gasteiger partial charge in [-0.15, -0.1) is 0 Å². The lowest BCUT2D eigenvalue weighted by Crippen LogP contribution is -2.09. The van der Waals surface area contributed by atoms with Crippen molar-refractivity contribution in [2.75, 3.05) is 5.32 Å². The molecule has 3 rings (SSSR count). The average molecular weight is 310 g/mol. The van der Waals surface area contributed by atoms with Gasteiger partial charge in [0.25, 0.3) is 0 Å². The molecule has 1 aromatic heterocycles. The van der Waals surface area contributed by atoms with Gasteiger partial charge in [-0.2, -0.15) is 0 Å². The maximum Gasteiger partial charge on any atom is 0.231 e. The second-order valence-corrected chi connectivity index (χ2v) is 5.56. The molecule has 0 bridgehead atoms. The second-order valence-electron chi connectivity index (χ2n) is 5.56. The van der Waals surface area contributed by atoms with Gasteiger partial charge in [0, 0.05) is 18.2 Å². The summed E-state index contributed by atoms with van der Waals surface area (Å²) in [5.41, 5.74) is 4.74. The highest BCUT2D eigenvalue weighted by atomic mass is 16.3. The Labute approximate surface area is 134 Å². The minimum absolute atomic E-state index is 0.0129. The van der Waals surface area contributed by atoms with Gasteiger partial charge in [-0.25, -0.2) is 4.98 Å². The molecule has 2 aromatic carbocycles. The number of fused-ring (bicyclic) bond motifs is 1. The van der Waals surface area contributed by atoms with Crippen molar-refractivity contribution in [3.63, 3.8) is 0 Å². The third-order valence-electron chi connectivity index (χ3n) is 3.84. The molecule has 0 aliphatic carbocycles. The Morgan fingerprint density at radius 1 is 1.22 bits per heavy atom. The molecule has 2 N–H and O–H groups in total. The van der Waals surface area contributed by atoms with E-state index in [-0.39, 0.29) is 11.7 Å². The van der Waals surface area contributed by atoms with E-state index in [1.54, 1.807) is 19.1 Å². The van der Waals surface area contributed by atoms with Crippen LogP contribution in [0.25, 0.3) is 22.6 Å². The number of amides is 1. The van der Waals surface area contributed by atoms with Crippen LogP contribution in [-0.4, -0.2) is 16.0 Å². The fourth-order valence-corrected chi connectivity index (χ4v) is 2.33. The number of aromatic hydroxyl groups is 1. The van der Waals surface area contributed by atoms with Crippen molar-refractivity contribution < 1.29 is 14.3 Å². The number of phenols is 1. The first kappa shape index (κ1) is 15.1. The maximum atomic E-state index is 11.4. The number of hydrogen-bond donors (Lipinski definition) is 2.